The highest BCUT2D eigenvalue weighted by Crippen LogP contribution is 2.21. The smallest absolute Gasteiger partial charge is 0.134 e. The standard InChI is InChI=1S/C13H13ClN2OS/c1-2-17-8-12-15-11(7-13(18)16-12)9-4-3-5-10(14)6-9/h3-7H,2,8H2,1H3,(H,15,16,18). The molecule has 18 heavy (non-hydrogen) atoms. The summed E-state index contributed by atoms with van der Waals surface area (Å²) < 4.78 is 5.86. The highest BCUT2D eigenvalue weighted by Gasteiger charge is 2.02. The summed E-state index contributed by atoms with van der Waals surface area (Å²) in [6.45, 7) is 3.01. The number of H-pyrrole nitrogens is 1. The molecule has 0 aliphatic rings. The lowest BCUT2D eigenvalue weighted by Gasteiger charge is -2.06. The molecule has 0 saturated carbocycles. The van der Waals surface area contributed by atoms with Gasteiger partial charge in [0, 0.05) is 17.3 Å². The van der Waals surface area contributed by atoms with Crippen molar-refractivity contribution in [3.63, 3.8) is 0 Å². The van der Waals surface area contributed by atoms with Crippen molar-refractivity contribution in [2.75, 3.05) is 6.61 Å². The van der Waals surface area contributed by atoms with Gasteiger partial charge in [0.1, 0.15) is 17.1 Å². The van der Waals surface area contributed by atoms with E-state index >= 15 is 0 Å². The van der Waals surface area contributed by atoms with Crippen LogP contribution < -0.4 is 0 Å². The first kappa shape index (κ1) is 13.2. The molecule has 1 aromatic carbocycles. The molecule has 0 radical (unpaired) electrons. The molecular weight excluding hydrogens is 268 g/mol. The number of aromatic nitrogens is 2. The van der Waals surface area contributed by atoms with Crippen molar-refractivity contribution in [1.82, 2.24) is 9.97 Å². The molecule has 2 aromatic rings. The van der Waals surface area contributed by atoms with E-state index < -0.39 is 0 Å². The van der Waals surface area contributed by atoms with E-state index in [1.807, 2.05) is 37.3 Å². The van der Waals surface area contributed by atoms with Gasteiger partial charge in [-0.25, -0.2) is 4.98 Å². The molecular formula is C13H13ClN2OS. The summed E-state index contributed by atoms with van der Waals surface area (Å²) in [5.41, 5.74) is 1.88. The van der Waals surface area contributed by atoms with Gasteiger partial charge >= 0.3 is 0 Å². The van der Waals surface area contributed by atoms with Crippen molar-refractivity contribution in [3.8, 4) is 11.3 Å². The van der Waals surface area contributed by atoms with E-state index in [2.05, 4.69) is 9.97 Å². The molecule has 0 amide bonds. The van der Waals surface area contributed by atoms with Gasteiger partial charge in [0.2, 0.25) is 0 Å². The summed E-state index contributed by atoms with van der Waals surface area (Å²) >= 11 is 11.1. The van der Waals surface area contributed by atoms with Crippen LogP contribution in [-0.4, -0.2) is 16.6 Å². The molecule has 1 N–H and O–H groups in total. The van der Waals surface area contributed by atoms with Gasteiger partial charge in [0.05, 0.1) is 0 Å². The SMILES string of the molecule is CCOCc1nc(=S)cc(-c2cccc(Cl)c2)[nH]1. The Kier molecular flexibility index (Phi) is 4.47. The van der Waals surface area contributed by atoms with Gasteiger partial charge in [-0.05, 0) is 30.7 Å². The number of ether oxygens (including phenoxy) is 1. The van der Waals surface area contributed by atoms with Crippen molar-refractivity contribution >= 4 is 23.8 Å². The number of nitrogens with one attached hydrogen (secondary N) is 1. The summed E-state index contributed by atoms with van der Waals surface area (Å²) in [6, 6.07) is 9.40. The van der Waals surface area contributed by atoms with Crippen LogP contribution in [0.2, 0.25) is 5.02 Å². The summed E-state index contributed by atoms with van der Waals surface area (Å²) in [5.74, 6) is 0.722. The number of halogens is 1. The molecule has 0 spiro atoms. The summed E-state index contributed by atoms with van der Waals surface area (Å²) in [5, 5.41) is 0.690. The molecule has 0 saturated heterocycles. The Hall–Kier alpha value is -1.23. The Labute approximate surface area is 116 Å². The maximum atomic E-state index is 5.98. The first-order valence-corrected chi connectivity index (χ1v) is 6.41. The zero-order valence-corrected chi connectivity index (χ0v) is 11.5. The van der Waals surface area contributed by atoms with Gasteiger partial charge in [-0.2, -0.15) is 0 Å². The highest BCUT2D eigenvalue weighted by atomic mass is 35.5. The fourth-order valence-corrected chi connectivity index (χ4v) is 2.01. The number of rotatable bonds is 4. The number of benzene rings is 1. The van der Waals surface area contributed by atoms with Crippen LogP contribution in [0.25, 0.3) is 11.3 Å². The van der Waals surface area contributed by atoms with Crippen LogP contribution >= 0.6 is 23.8 Å². The maximum absolute atomic E-state index is 5.98. The minimum absolute atomic E-state index is 0.425. The van der Waals surface area contributed by atoms with Gasteiger partial charge in [-0.1, -0.05) is 36.0 Å². The number of nitrogens with zero attached hydrogens (tertiary/aromatic N) is 1. The molecule has 94 valence electrons. The molecule has 0 bridgehead atoms. The fourth-order valence-electron chi connectivity index (χ4n) is 1.59. The van der Waals surface area contributed by atoms with Gasteiger partial charge in [-0.3, -0.25) is 0 Å². The van der Waals surface area contributed by atoms with E-state index in [0.29, 0.717) is 22.9 Å². The molecule has 0 fully saturated rings. The van der Waals surface area contributed by atoms with E-state index in [9.17, 15) is 0 Å². The normalized spacial score (nSPS) is 10.6. The number of aromatic amines is 1. The molecule has 0 atom stereocenters. The largest absolute Gasteiger partial charge is 0.374 e. The van der Waals surface area contributed by atoms with E-state index in [1.165, 1.54) is 0 Å². The monoisotopic (exact) mass is 280 g/mol. The Balaban J connectivity index is 2.38. The zero-order chi connectivity index (χ0) is 13.0. The molecule has 2 rings (SSSR count). The second-order valence-corrected chi connectivity index (χ2v) is 4.58. The van der Waals surface area contributed by atoms with Crippen LogP contribution in [0.4, 0.5) is 0 Å². The Morgan fingerprint density at radius 3 is 2.94 bits per heavy atom. The van der Waals surface area contributed by atoms with Gasteiger partial charge in [-0.15, -0.1) is 0 Å². The third-order valence-electron chi connectivity index (χ3n) is 2.37. The fraction of sp³-hybridized carbons (Fsp3) is 0.231. The summed E-state index contributed by atoms with van der Waals surface area (Å²) in [6.07, 6.45) is 0. The van der Waals surface area contributed by atoms with Crippen molar-refractivity contribution in [2.45, 2.75) is 13.5 Å². The molecule has 3 nitrogen and oxygen atoms in total. The minimum atomic E-state index is 0.425. The molecule has 0 unspecified atom stereocenters. The summed E-state index contributed by atoms with van der Waals surface area (Å²) in [7, 11) is 0. The Morgan fingerprint density at radius 1 is 1.39 bits per heavy atom. The van der Waals surface area contributed by atoms with Crippen LogP contribution in [0.1, 0.15) is 12.7 Å². The average Bonchev–Trinajstić information content (AvgIpc) is 2.36. The lowest BCUT2D eigenvalue weighted by Crippen LogP contribution is -2.00. The molecule has 0 aliphatic carbocycles. The zero-order valence-electron chi connectivity index (χ0n) is 9.94. The van der Waals surface area contributed by atoms with Crippen LogP contribution in [0.3, 0.4) is 0 Å². The quantitative estimate of drug-likeness (QED) is 0.861. The maximum Gasteiger partial charge on any atom is 0.134 e. The lowest BCUT2D eigenvalue weighted by molar-refractivity contribution is 0.128. The molecule has 1 aromatic heterocycles. The minimum Gasteiger partial charge on any atom is -0.374 e. The lowest BCUT2D eigenvalue weighted by atomic mass is 10.1. The second-order valence-electron chi connectivity index (χ2n) is 3.73. The van der Waals surface area contributed by atoms with Gasteiger partial charge in [0.15, 0.2) is 0 Å². The third kappa shape index (κ3) is 3.38. The number of hydrogen-bond acceptors (Lipinski definition) is 3. The van der Waals surface area contributed by atoms with Crippen LogP contribution in [0.5, 0.6) is 0 Å². The van der Waals surface area contributed by atoms with Crippen LogP contribution in [0, 0.1) is 4.64 Å². The van der Waals surface area contributed by atoms with Gasteiger partial charge < -0.3 is 9.72 Å². The van der Waals surface area contributed by atoms with E-state index in [0.717, 1.165) is 17.1 Å². The van der Waals surface area contributed by atoms with E-state index in [1.54, 1.807) is 0 Å². The first-order chi connectivity index (χ1) is 8.69. The van der Waals surface area contributed by atoms with Crippen molar-refractivity contribution in [3.05, 3.63) is 45.8 Å². The third-order valence-corrected chi connectivity index (χ3v) is 2.81. The van der Waals surface area contributed by atoms with Gasteiger partial charge in [0.25, 0.3) is 0 Å². The molecule has 0 aliphatic heterocycles. The van der Waals surface area contributed by atoms with Crippen LogP contribution in [-0.2, 0) is 11.3 Å². The average molecular weight is 281 g/mol. The van der Waals surface area contributed by atoms with Crippen molar-refractivity contribution in [1.29, 1.82) is 0 Å². The van der Waals surface area contributed by atoms with E-state index in [4.69, 9.17) is 28.6 Å². The van der Waals surface area contributed by atoms with Crippen molar-refractivity contribution in [2.24, 2.45) is 0 Å². The number of hydrogen-bond donors (Lipinski definition) is 1. The molecule has 1 heterocycles. The van der Waals surface area contributed by atoms with Crippen LogP contribution in [0.15, 0.2) is 30.3 Å². The Bertz CT molecular complexity index is 598. The first-order valence-electron chi connectivity index (χ1n) is 5.63. The highest BCUT2D eigenvalue weighted by molar-refractivity contribution is 7.71. The van der Waals surface area contributed by atoms with E-state index in [-0.39, 0.29) is 0 Å². The topological polar surface area (TPSA) is 37.9 Å². The molecule has 5 heteroatoms. The summed E-state index contributed by atoms with van der Waals surface area (Å²) in [4.78, 5) is 7.42. The Morgan fingerprint density at radius 2 is 2.22 bits per heavy atom. The predicted octanol–water partition coefficient (Wildman–Crippen LogP) is 4.00. The van der Waals surface area contributed by atoms with Crippen molar-refractivity contribution < 1.29 is 4.74 Å². The predicted molar refractivity (Wildman–Crippen MR) is 75.2 cm³/mol. The second kappa shape index (κ2) is 6.09.